The Hall–Kier alpha value is -2.85. The monoisotopic (exact) mass is 335 g/mol. The van der Waals surface area contributed by atoms with Gasteiger partial charge in [0.2, 0.25) is 10.0 Å². The number of sulfonamides is 1. The van der Waals surface area contributed by atoms with Gasteiger partial charge in [-0.3, -0.25) is 20.5 Å². The zero-order chi connectivity index (χ0) is 17.0. The van der Waals surface area contributed by atoms with Gasteiger partial charge in [0, 0.05) is 12.3 Å². The number of nitro groups is 1. The third-order valence-corrected chi connectivity index (χ3v) is 3.79. The molecule has 0 fully saturated rings. The van der Waals surface area contributed by atoms with E-state index < -0.39 is 20.6 Å². The number of benzene rings is 1. The maximum Gasteiger partial charge on any atom is 0.295 e. The van der Waals surface area contributed by atoms with Gasteiger partial charge in [-0.2, -0.15) is 5.10 Å². The van der Waals surface area contributed by atoms with Crippen molar-refractivity contribution in [3.63, 3.8) is 0 Å². The molecule has 1 aromatic heterocycles. The second-order valence-corrected chi connectivity index (χ2v) is 6.07. The number of nitrogens with zero attached hydrogens (tertiary/aromatic N) is 3. The van der Waals surface area contributed by atoms with Crippen LogP contribution in [0, 0.1) is 10.1 Å². The number of nitro benzene ring substituents is 1. The fourth-order valence-corrected chi connectivity index (χ4v) is 2.25. The fraction of sp³-hybridized carbons (Fsp3) is 0.0769. The average molecular weight is 335 g/mol. The molecule has 0 saturated heterocycles. The lowest BCUT2D eigenvalue weighted by Crippen LogP contribution is -2.12. The third kappa shape index (κ3) is 4.08. The summed E-state index contributed by atoms with van der Waals surface area (Å²) in [6.07, 6.45) is 1.59. The number of nitrogens with two attached hydrogens (primary N) is 1. The van der Waals surface area contributed by atoms with Gasteiger partial charge >= 0.3 is 0 Å². The minimum Gasteiger partial charge on any atom is -0.271 e. The molecule has 2 aromatic rings. The van der Waals surface area contributed by atoms with Gasteiger partial charge in [-0.05, 0) is 31.2 Å². The molecule has 9 nitrogen and oxygen atoms in total. The standard InChI is InChI=1S/C13H13N5O4S/c1-9(11-4-2-3-7-15-11)16-17-12-6-5-10(23(14,21)22)8-13(12)18(19)20/h2-8,17H,1H3,(H2,14,21,22)/b16-9+. The number of hydrazone groups is 1. The molecule has 2 rings (SSSR count). The van der Waals surface area contributed by atoms with E-state index in [4.69, 9.17) is 5.14 Å². The van der Waals surface area contributed by atoms with Crippen LogP contribution < -0.4 is 10.6 Å². The largest absolute Gasteiger partial charge is 0.295 e. The summed E-state index contributed by atoms with van der Waals surface area (Å²) in [5, 5.41) is 20.1. The van der Waals surface area contributed by atoms with Crippen LogP contribution in [0.1, 0.15) is 12.6 Å². The van der Waals surface area contributed by atoms with Crippen molar-refractivity contribution in [2.24, 2.45) is 10.2 Å². The molecule has 1 aromatic carbocycles. The maximum atomic E-state index is 11.3. The van der Waals surface area contributed by atoms with E-state index in [1.165, 1.54) is 6.07 Å². The smallest absolute Gasteiger partial charge is 0.271 e. The summed E-state index contributed by atoms with van der Waals surface area (Å²) in [5.41, 5.74) is 3.24. The second-order valence-electron chi connectivity index (χ2n) is 4.51. The normalized spacial score (nSPS) is 12.0. The van der Waals surface area contributed by atoms with Crippen LogP contribution in [0.5, 0.6) is 0 Å². The predicted molar refractivity (Wildman–Crippen MR) is 84.5 cm³/mol. The predicted octanol–water partition coefficient (Wildman–Crippen LogP) is 1.47. The van der Waals surface area contributed by atoms with E-state index in [-0.39, 0.29) is 10.6 Å². The van der Waals surface area contributed by atoms with Crippen molar-refractivity contribution >= 4 is 27.1 Å². The van der Waals surface area contributed by atoms with Gasteiger partial charge in [0.15, 0.2) is 0 Å². The second kappa shape index (κ2) is 6.50. The highest BCUT2D eigenvalue weighted by Gasteiger charge is 2.19. The quantitative estimate of drug-likeness (QED) is 0.481. The molecule has 0 saturated carbocycles. The van der Waals surface area contributed by atoms with Crippen LogP contribution in [0.25, 0.3) is 0 Å². The molecule has 1 heterocycles. The summed E-state index contributed by atoms with van der Waals surface area (Å²) >= 11 is 0. The number of aromatic nitrogens is 1. The Morgan fingerprint density at radius 2 is 2.09 bits per heavy atom. The van der Waals surface area contributed by atoms with E-state index in [0.717, 1.165) is 12.1 Å². The summed E-state index contributed by atoms with van der Waals surface area (Å²) in [7, 11) is -4.03. The Bertz CT molecular complexity index is 865. The SMILES string of the molecule is C/C(=N\Nc1ccc(S(N)(=O)=O)cc1[N+](=O)[O-])c1ccccn1. The van der Waals surface area contributed by atoms with E-state index in [1.807, 2.05) is 0 Å². The Morgan fingerprint density at radius 3 is 2.65 bits per heavy atom. The van der Waals surface area contributed by atoms with Crippen LogP contribution in [0.4, 0.5) is 11.4 Å². The number of anilines is 1. The van der Waals surface area contributed by atoms with Crippen LogP contribution in [-0.2, 0) is 10.0 Å². The Balaban J connectivity index is 2.35. The molecule has 0 unspecified atom stereocenters. The zero-order valence-corrected chi connectivity index (χ0v) is 12.8. The summed E-state index contributed by atoms with van der Waals surface area (Å²) in [6, 6.07) is 8.54. The molecule has 0 bridgehead atoms. The van der Waals surface area contributed by atoms with Gasteiger partial charge in [0.25, 0.3) is 5.69 Å². The number of rotatable bonds is 5. The molecule has 10 heteroatoms. The first kappa shape index (κ1) is 16.5. The van der Waals surface area contributed by atoms with E-state index in [9.17, 15) is 18.5 Å². The minimum atomic E-state index is -4.03. The number of hydrogen-bond donors (Lipinski definition) is 2. The van der Waals surface area contributed by atoms with E-state index >= 15 is 0 Å². The Morgan fingerprint density at radius 1 is 1.35 bits per heavy atom. The molecule has 0 aliphatic heterocycles. The molecular weight excluding hydrogens is 322 g/mol. The van der Waals surface area contributed by atoms with Gasteiger partial charge < -0.3 is 0 Å². The highest BCUT2D eigenvalue weighted by atomic mass is 32.2. The summed E-state index contributed by atoms with van der Waals surface area (Å²) in [4.78, 5) is 14.1. The third-order valence-electron chi connectivity index (χ3n) is 2.87. The molecule has 0 atom stereocenters. The topological polar surface area (TPSA) is 141 Å². The summed E-state index contributed by atoms with van der Waals surface area (Å²) in [6.45, 7) is 1.68. The van der Waals surface area contributed by atoms with Crippen molar-refractivity contribution in [1.29, 1.82) is 0 Å². The average Bonchev–Trinajstić information content (AvgIpc) is 2.52. The van der Waals surface area contributed by atoms with E-state index in [0.29, 0.717) is 11.4 Å². The molecule has 120 valence electrons. The van der Waals surface area contributed by atoms with Gasteiger partial charge in [0.1, 0.15) is 5.69 Å². The summed E-state index contributed by atoms with van der Waals surface area (Å²) in [5.74, 6) is 0. The van der Waals surface area contributed by atoms with Crippen LogP contribution in [0.2, 0.25) is 0 Å². The van der Waals surface area contributed by atoms with E-state index in [1.54, 1.807) is 31.3 Å². The number of primary sulfonamides is 1. The number of nitrogens with one attached hydrogen (secondary N) is 1. The lowest BCUT2D eigenvalue weighted by molar-refractivity contribution is -0.384. The minimum absolute atomic E-state index is 0.0395. The molecule has 0 aliphatic carbocycles. The fourth-order valence-electron chi connectivity index (χ4n) is 1.71. The van der Waals surface area contributed by atoms with Crippen molar-refractivity contribution in [3.8, 4) is 0 Å². The van der Waals surface area contributed by atoms with Crippen molar-refractivity contribution < 1.29 is 13.3 Å². The zero-order valence-electron chi connectivity index (χ0n) is 12.0. The van der Waals surface area contributed by atoms with Crippen molar-refractivity contribution in [3.05, 3.63) is 58.4 Å². The lowest BCUT2D eigenvalue weighted by Gasteiger charge is -2.05. The van der Waals surface area contributed by atoms with Gasteiger partial charge in [0.05, 0.1) is 21.2 Å². The highest BCUT2D eigenvalue weighted by molar-refractivity contribution is 7.89. The van der Waals surface area contributed by atoms with E-state index in [2.05, 4.69) is 15.5 Å². The van der Waals surface area contributed by atoms with Crippen LogP contribution >= 0.6 is 0 Å². The van der Waals surface area contributed by atoms with Gasteiger partial charge in [-0.1, -0.05) is 6.07 Å². The maximum absolute atomic E-state index is 11.3. The molecule has 0 amide bonds. The summed E-state index contributed by atoms with van der Waals surface area (Å²) < 4.78 is 22.5. The van der Waals surface area contributed by atoms with Crippen molar-refractivity contribution in [2.45, 2.75) is 11.8 Å². The number of pyridine rings is 1. The molecule has 23 heavy (non-hydrogen) atoms. The molecule has 3 N–H and O–H groups in total. The van der Waals surface area contributed by atoms with Crippen LogP contribution in [-0.4, -0.2) is 24.0 Å². The Labute approximate surface area is 132 Å². The van der Waals surface area contributed by atoms with Gasteiger partial charge in [-0.25, -0.2) is 13.6 Å². The lowest BCUT2D eigenvalue weighted by atomic mass is 10.2. The highest BCUT2D eigenvalue weighted by Crippen LogP contribution is 2.27. The Kier molecular flexibility index (Phi) is 4.67. The molecule has 0 radical (unpaired) electrons. The first-order chi connectivity index (χ1) is 10.8. The molecule has 0 spiro atoms. The first-order valence-electron chi connectivity index (χ1n) is 6.32. The van der Waals surface area contributed by atoms with Crippen LogP contribution in [0.3, 0.4) is 0 Å². The molecular formula is C13H13N5O4S. The van der Waals surface area contributed by atoms with Gasteiger partial charge in [-0.15, -0.1) is 0 Å². The van der Waals surface area contributed by atoms with Crippen molar-refractivity contribution in [1.82, 2.24) is 4.98 Å². The van der Waals surface area contributed by atoms with Crippen LogP contribution in [0.15, 0.2) is 52.6 Å². The first-order valence-corrected chi connectivity index (χ1v) is 7.86. The molecule has 0 aliphatic rings. The van der Waals surface area contributed by atoms with Crippen molar-refractivity contribution in [2.75, 3.05) is 5.43 Å². The number of hydrogen-bond acceptors (Lipinski definition) is 7.